The number of nitrogens with two attached hydrogens (primary N) is 1. The molecule has 1 amide bonds. The van der Waals surface area contributed by atoms with Gasteiger partial charge in [0.25, 0.3) is 0 Å². The van der Waals surface area contributed by atoms with Crippen LogP contribution in [0.3, 0.4) is 0 Å². The van der Waals surface area contributed by atoms with E-state index >= 15 is 0 Å². The van der Waals surface area contributed by atoms with Crippen molar-refractivity contribution < 1.29 is 4.79 Å². The molecule has 1 atom stereocenters. The fourth-order valence-electron chi connectivity index (χ4n) is 1.79. The Labute approximate surface area is 120 Å². The first-order valence-corrected chi connectivity index (χ1v) is 6.75. The molecule has 0 fully saturated rings. The van der Waals surface area contributed by atoms with Crippen molar-refractivity contribution in [3.8, 4) is 6.07 Å². The molecule has 0 aliphatic heterocycles. The van der Waals surface area contributed by atoms with Crippen molar-refractivity contribution in [1.29, 1.82) is 5.26 Å². The molecule has 1 aromatic carbocycles. The van der Waals surface area contributed by atoms with Crippen molar-refractivity contribution in [3.63, 3.8) is 0 Å². The Balaban J connectivity index is 2.27. The number of nitriles is 1. The second-order valence-electron chi connectivity index (χ2n) is 4.97. The number of benzene rings is 1. The topological polar surface area (TPSA) is 82.2 Å². The molecule has 0 aromatic heterocycles. The minimum Gasteiger partial charge on any atom is -0.399 e. The van der Waals surface area contributed by atoms with Gasteiger partial charge in [-0.3, -0.25) is 4.79 Å². The lowest BCUT2D eigenvalue weighted by atomic mass is 10.2. The van der Waals surface area contributed by atoms with E-state index in [-0.39, 0.29) is 11.9 Å². The Bertz CT molecular complexity index is 464. The zero-order valence-electron chi connectivity index (χ0n) is 12.1. The number of rotatable bonds is 7. The number of nitrogens with one attached hydrogen (secondary N) is 1. The number of carbonyl (C=O) groups is 1. The summed E-state index contributed by atoms with van der Waals surface area (Å²) in [6, 6.07) is 9.46. The quantitative estimate of drug-likeness (QED) is 0.747. The number of nitrogen functional groups attached to an aromatic ring is 1. The van der Waals surface area contributed by atoms with Gasteiger partial charge in [-0.15, -0.1) is 0 Å². The van der Waals surface area contributed by atoms with Crippen LogP contribution in [0.2, 0.25) is 0 Å². The molecule has 0 saturated carbocycles. The molecule has 0 bridgehead atoms. The summed E-state index contributed by atoms with van der Waals surface area (Å²) in [5.74, 6) is -0.00360. The van der Waals surface area contributed by atoms with Crippen molar-refractivity contribution in [2.24, 2.45) is 0 Å². The van der Waals surface area contributed by atoms with Crippen LogP contribution in [-0.2, 0) is 4.79 Å². The molecule has 0 aliphatic rings. The van der Waals surface area contributed by atoms with Crippen LogP contribution in [0.4, 0.5) is 11.4 Å². The van der Waals surface area contributed by atoms with Crippen molar-refractivity contribution in [1.82, 2.24) is 4.90 Å². The van der Waals surface area contributed by atoms with E-state index in [9.17, 15) is 4.79 Å². The van der Waals surface area contributed by atoms with Gasteiger partial charge < -0.3 is 16.0 Å². The number of anilines is 2. The third-order valence-electron chi connectivity index (χ3n) is 3.25. The van der Waals surface area contributed by atoms with Gasteiger partial charge in [0.1, 0.15) is 0 Å². The standard InChI is InChI=1S/C15H22N4O/c1-12(9-10-16)19(2)11-3-4-15(20)18-14-7-5-13(17)6-8-14/h5-8,12H,3-4,9,11,17H2,1-2H3,(H,18,20). The zero-order valence-corrected chi connectivity index (χ0v) is 12.1. The van der Waals surface area contributed by atoms with Crippen molar-refractivity contribution in [3.05, 3.63) is 24.3 Å². The monoisotopic (exact) mass is 274 g/mol. The third kappa shape index (κ3) is 5.72. The Morgan fingerprint density at radius 2 is 2.10 bits per heavy atom. The lowest BCUT2D eigenvalue weighted by Crippen LogP contribution is -2.30. The molecule has 1 aromatic rings. The van der Waals surface area contributed by atoms with E-state index < -0.39 is 0 Å². The number of amides is 1. The Hall–Kier alpha value is -2.06. The molecule has 1 unspecified atom stereocenters. The van der Waals surface area contributed by atoms with Gasteiger partial charge in [-0.25, -0.2) is 0 Å². The maximum atomic E-state index is 11.8. The fraction of sp³-hybridized carbons (Fsp3) is 0.467. The number of nitrogens with zero attached hydrogens (tertiary/aromatic N) is 2. The summed E-state index contributed by atoms with van der Waals surface area (Å²) in [4.78, 5) is 13.9. The number of hydrogen-bond acceptors (Lipinski definition) is 4. The van der Waals surface area contributed by atoms with Crippen LogP contribution >= 0.6 is 0 Å². The summed E-state index contributed by atoms with van der Waals surface area (Å²) in [5, 5.41) is 11.5. The first kappa shape index (κ1) is 16.0. The van der Waals surface area contributed by atoms with E-state index in [1.807, 2.05) is 14.0 Å². The van der Waals surface area contributed by atoms with Crippen LogP contribution in [0.5, 0.6) is 0 Å². The molecule has 0 saturated heterocycles. The van der Waals surface area contributed by atoms with E-state index in [1.165, 1.54) is 0 Å². The highest BCUT2D eigenvalue weighted by Crippen LogP contribution is 2.11. The minimum atomic E-state index is -0.00360. The highest BCUT2D eigenvalue weighted by molar-refractivity contribution is 5.90. The van der Waals surface area contributed by atoms with Crippen LogP contribution in [0, 0.1) is 11.3 Å². The number of carbonyl (C=O) groups excluding carboxylic acids is 1. The fourth-order valence-corrected chi connectivity index (χ4v) is 1.79. The van der Waals surface area contributed by atoms with Crippen molar-refractivity contribution in [2.45, 2.75) is 32.2 Å². The molecule has 0 heterocycles. The van der Waals surface area contributed by atoms with E-state index in [2.05, 4.69) is 16.3 Å². The van der Waals surface area contributed by atoms with E-state index in [0.29, 0.717) is 18.5 Å². The normalized spacial score (nSPS) is 11.9. The lowest BCUT2D eigenvalue weighted by Gasteiger charge is -2.22. The SMILES string of the molecule is CC(CC#N)N(C)CCCC(=O)Nc1ccc(N)cc1. The average molecular weight is 274 g/mol. The number of hydrogen-bond donors (Lipinski definition) is 2. The van der Waals surface area contributed by atoms with Crippen LogP contribution in [-0.4, -0.2) is 30.4 Å². The molecule has 3 N–H and O–H groups in total. The van der Waals surface area contributed by atoms with Crippen molar-refractivity contribution >= 4 is 17.3 Å². The minimum absolute atomic E-state index is 0.00360. The third-order valence-corrected chi connectivity index (χ3v) is 3.25. The smallest absolute Gasteiger partial charge is 0.224 e. The Morgan fingerprint density at radius 1 is 1.45 bits per heavy atom. The van der Waals surface area contributed by atoms with Crippen LogP contribution < -0.4 is 11.1 Å². The summed E-state index contributed by atoms with van der Waals surface area (Å²) >= 11 is 0. The molecule has 5 nitrogen and oxygen atoms in total. The summed E-state index contributed by atoms with van der Waals surface area (Å²) in [7, 11) is 1.97. The molecule has 5 heteroatoms. The van der Waals surface area contributed by atoms with Gasteiger partial charge in [0, 0.05) is 23.8 Å². The Morgan fingerprint density at radius 3 is 2.70 bits per heavy atom. The van der Waals surface area contributed by atoms with Crippen LogP contribution in [0.1, 0.15) is 26.2 Å². The summed E-state index contributed by atoms with van der Waals surface area (Å²) in [5.41, 5.74) is 7.02. The van der Waals surface area contributed by atoms with Gasteiger partial charge in [0.05, 0.1) is 12.5 Å². The molecule has 20 heavy (non-hydrogen) atoms. The summed E-state index contributed by atoms with van der Waals surface area (Å²) in [6.45, 7) is 2.82. The van der Waals surface area contributed by atoms with E-state index in [0.717, 1.165) is 18.7 Å². The van der Waals surface area contributed by atoms with Crippen LogP contribution in [0.15, 0.2) is 24.3 Å². The predicted octanol–water partition coefficient (Wildman–Crippen LogP) is 2.22. The molecular formula is C15H22N4O. The highest BCUT2D eigenvalue weighted by atomic mass is 16.1. The van der Waals surface area contributed by atoms with Gasteiger partial charge in [-0.2, -0.15) is 5.26 Å². The maximum absolute atomic E-state index is 11.8. The Kier molecular flexibility index (Phi) is 6.54. The van der Waals surface area contributed by atoms with Gasteiger partial charge >= 0.3 is 0 Å². The van der Waals surface area contributed by atoms with E-state index in [4.69, 9.17) is 11.0 Å². The van der Waals surface area contributed by atoms with Gasteiger partial charge in [0.2, 0.25) is 5.91 Å². The van der Waals surface area contributed by atoms with Crippen molar-refractivity contribution in [2.75, 3.05) is 24.6 Å². The maximum Gasteiger partial charge on any atom is 0.224 e. The summed E-state index contributed by atoms with van der Waals surface area (Å²) < 4.78 is 0. The van der Waals surface area contributed by atoms with Gasteiger partial charge in [-0.1, -0.05) is 0 Å². The molecule has 1 rings (SSSR count). The largest absolute Gasteiger partial charge is 0.399 e. The molecule has 0 radical (unpaired) electrons. The highest BCUT2D eigenvalue weighted by Gasteiger charge is 2.09. The van der Waals surface area contributed by atoms with Gasteiger partial charge in [-0.05, 0) is 51.2 Å². The molecule has 0 spiro atoms. The average Bonchev–Trinajstić information content (AvgIpc) is 2.41. The van der Waals surface area contributed by atoms with Gasteiger partial charge in [0.15, 0.2) is 0 Å². The van der Waals surface area contributed by atoms with Crippen LogP contribution in [0.25, 0.3) is 0 Å². The lowest BCUT2D eigenvalue weighted by molar-refractivity contribution is -0.116. The summed E-state index contributed by atoms with van der Waals surface area (Å²) in [6.07, 6.45) is 1.75. The van der Waals surface area contributed by atoms with E-state index in [1.54, 1.807) is 24.3 Å². The first-order chi connectivity index (χ1) is 9.52. The zero-order chi connectivity index (χ0) is 15.0. The molecule has 0 aliphatic carbocycles. The predicted molar refractivity (Wildman–Crippen MR) is 81.0 cm³/mol. The second kappa shape index (κ2) is 8.18. The first-order valence-electron chi connectivity index (χ1n) is 6.75. The molecule has 108 valence electrons. The molecular weight excluding hydrogens is 252 g/mol. The second-order valence-corrected chi connectivity index (χ2v) is 4.97.